The maximum atomic E-state index is 11.1. The van der Waals surface area contributed by atoms with E-state index in [1.165, 1.54) is 57.8 Å². The molecule has 0 saturated carbocycles. The predicted molar refractivity (Wildman–Crippen MR) is 84.4 cm³/mol. The number of carbonyl (C=O) groups excluding carboxylic acids is 1. The van der Waals surface area contributed by atoms with E-state index in [0.717, 1.165) is 12.8 Å². The van der Waals surface area contributed by atoms with Gasteiger partial charge in [0.1, 0.15) is 6.10 Å². The van der Waals surface area contributed by atoms with Gasteiger partial charge >= 0.3 is 5.97 Å². The van der Waals surface area contributed by atoms with E-state index in [9.17, 15) is 4.79 Å². The van der Waals surface area contributed by atoms with Crippen molar-refractivity contribution >= 4 is 5.97 Å². The summed E-state index contributed by atoms with van der Waals surface area (Å²) in [6, 6.07) is 0. The molecule has 120 valence electrons. The zero-order valence-corrected chi connectivity index (χ0v) is 13.2. The standard InChI is InChI=1S/C16H34N2O2/c1-2-3-4-5-6-7-8-9-10-11-12-15(13-17)20-16(19)14-18/h15H,2-14,17-18H2,1H3. The Bertz CT molecular complexity index is 223. The van der Waals surface area contributed by atoms with Crippen LogP contribution in [0.1, 0.15) is 77.6 Å². The Hall–Kier alpha value is -0.610. The molecule has 0 amide bonds. The Kier molecular flexibility index (Phi) is 14.3. The van der Waals surface area contributed by atoms with Gasteiger partial charge in [-0.15, -0.1) is 0 Å². The lowest BCUT2D eigenvalue weighted by Crippen LogP contribution is -2.29. The van der Waals surface area contributed by atoms with Crippen LogP contribution in [0.15, 0.2) is 0 Å². The average molecular weight is 286 g/mol. The van der Waals surface area contributed by atoms with Gasteiger partial charge in [-0.25, -0.2) is 0 Å². The minimum atomic E-state index is -0.354. The second kappa shape index (κ2) is 14.8. The second-order valence-corrected chi connectivity index (χ2v) is 5.52. The molecule has 0 rings (SSSR count). The van der Waals surface area contributed by atoms with Crippen LogP contribution in [0.25, 0.3) is 0 Å². The van der Waals surface area contributed by atoms with Crippen molar-refractivity contribution in [1.82, 2.24) is 0 Å². The lowest BCUT2D eigenvalue weighted by Gasteiger charge is -2.15. The first kappa shape index (κ1) is 19.4. The van der Waals surface area contributed by atoms with Gasteiger partial charge < -0.3 is 16.2 Å². The first-order valence-electron chi connectivity index (χ1n) is 8.34. The van der Waals surface area contributed by atoms with Gasteiger partial charge in [-0.2, -0.15) is 0 Å². The second-order valence-electron chi connectivity index (χ2n) is 5.52. The summed E-state index contributed by atoms with van der Waals surface area (Å²) in [7, 11) is 0. The molecule has 0 aromatic carbocycles. The van der Waals surface area contributed by atoms with Crippen molar-refractivity contribution in [1.29, 1.82) is 0 Å². The van der Waals surface area contributed by atoms with Crippen molar-refractivity contribution in [2.24, 2.45) is 11.5 Å². The molecule has 4 N–H and O–H groups in total. The predicted octanol–water partition coefficient (Wildman–Crippen LogP) is 3.13. The number of nitrogens with two attached hydrogens (primary N) is 2. The summed E-state index contributed by atoms with van der Waals surface area (Å²) in [6.45, 7) is 2.58. The molecule has 0 aromatic heterocycles. The maximum Gasteiger partial charge on any atom is 0.320 e. The highest BCUT2D eigenvalue weighted by atomic mass is 16.5. The molecule has 0 aliphatic heterocycles. The van der Waals surface area contributed by atoms with Crippen LogP contribution in [0.5, 0.6) is 0 Å². The summed E-state index contributed by atoms with van der Waals surface area (Å²) in [5, 5.41) is 0. The Morgan fingerprint density at radius 2 is 1.40 bits per heavy atom. The minimum Gasteiger partial charge on any atom is -0.460 e. The van der Waals surface area contributed by atoms with E-state index in [1.807, 2.05) is 0 Å². The first-order valence-corrected chi connectivity index (χ1v) is 8.34. The molecule has 20 heavy (non-hydrogen) atoms. The first-order chi connectivity index (χ1) is 9.74. The highest BCUT2D eigenvalue weighted by molar-refractivity contribution is 5.71. The Morgan fingerprint density at radius 3 is 1.85 bits per heavy atom. The maximum absolute atomic E-state index is 11.1. The molecule has 0 aliphatic rings. The van der Waals surface area contributed by atoms with Crippen LogP contribution in [0.2, 0.25) is 0 Å². The van der Waals surface area contributed by atoms with Crippen molar-refractivity contribution in [2.75, 3.05) is 13.1 Å². The zero-order chi connectivity index (χ0) is 15.1. The summed E-state index contributed by atoms with van der Waals surface area (Å²) in [5.41, 5.74) is 10.8. The molecule has 1 atom stereocenters. The SMILES string of the molecule is CCCCCCCCCCCCC(CN)OC(=O)CN. The van der Waals surface area contributed by atoms with E-state index in [1.54, 1.807) is 0 Å². The summed E-state index contributed by atoms with van der Waals surface area (Å²) in [5.74, 6) is -0.354. The zero-order valence-electron chi connectivity index (χ0n) is 13.2. The largest absolute Gasteiger partial charge is 0.460 e. The molecule has 0 spiro atoms. The van der Waals surface area contributed by atoms with E-state index in [0.29, 0.717) is 6.54 Å². The van der Waals surface area contributed by atoms with Crippen molar-refractivity contribution in [3.05, 3.63) is 0 Å². The number of hydrogen-bond donors (Lipinski definition) is 2. The van der Waals surface area contributed by atoms with Gasteiger partial charge in [0.05, 0.1) is 6.54 Å². The molecule has 0 saturated heterocycles. The van der Waals surface area contributed by atoms with Gasteiger partial charge in [0, 0.05) is 6.54 Å². The quantitative estimate of drug-likeness (QED) is 0.380. The van der Waals surface area contributed by atoms with E-state index in [2.05, 4.69) is 6.92 Å². The van der Waals surface area contributed by atoms with Gasteiger partial charge in [0.2, 0.25) is 0 Å². The van der Waals surface area contributed by atoms with E-state index in [4.69, 9.17) is 16.2 Å². The summed E-state index contributed by atoms with van der Waals surface area (Å²) in [4.78, 5) is 11.1. The number of carbonyl (C=O) groups is 1. The lowest BCUT2D eigenvalue weighted by molar-refractivity contribution is -0.147. The van der Waals surface area contributed by atoms with Crippen molar-refractivity contribution < 1.29 is 9.53 Å². The van der Waals surface area contributed by atoms with Gasteiger partial charge in [0.15, 0.2) is 0 Å². The molecular formula is C16H34N2O2. The fourth-order valence-corrected chi connectivity index (χ4v) is 2.32. The van der Waals surface area contributed by atoms with Crippen LogP contribution in [0.4, 0.5) is 0 Å². The van der Waals surface area contributed by atoms with Crippen molar-refractivity contribution in [3.63, 3.8) is 0 Å². The van der Waals surface area contributed by atoms with Crippen LogP contribution in [-0.2, 0) is 9.53 Å². The monoisotopic (exact) mass is 286 g/mol. The lowest BCUT2D eigenvalue weighted by atomic mass is 10.0. The Balaban J connectivity index is 3.31. The van der Waals surface area contributed by atoms with Crippen LogP contribution >= 0.6 is 0 Å². The Morgan fingerprint density at radius 1 is 0.900 bits per heavy atom. The van der Waals surface area contributed by atoms with Crippen LogP contribution in [0.3, 0.4) is 0 Å². The fraction of sp³-hybridized carbons (Fsp3) is 0.938. The highest BCUT2D eigenvalue weighted by Gasteiger charge is 2.10. The molecule has 1 unspecified atom stereocenters. The molecule has 0 aromatic rings. The molecule has 4 nitrogen and oxygen atoms in total. The topological polar surface area (TPSA) is 78.3 Å². The molecule has 0 heterocycles. The van der Waals surface area contributed by atoms with Crippen LogP contribution in [-0.4, -0.2) is 25.2 Å². The normalized spacial score (nSPS) is 12.3. The third-order valence-corrected chi connectivity index (χ3v) is 3.61. The third kappa shape index (κ3) is 12.4. The van der Waals surface area contributed by atoms with E-state index in [-0.39, 0.29) is 18.6 Å². The number of hydrogen-bond acceptors (Lipinski definition) is 4. The van der Waals surface area contributed by atoms with Gasteiger partial charge in [-0.3, -0.25) is 4.79 Å². The smallest absolute Gasteiger partial charge is 0.320 e. The molecule has 0 fully saturated rings. The Labute approximate surface area is 124 Å². The number of esters is 1. The van der Waals surface area contributed by atoms with Crippen LogP contribution < -0.4 is 11.5 Å². The molecule has 0 bridgehead atoms. The summed E-state index contributed by atoms with van der Waals surface area (Å²) >= 11 is 0. The summed E-state index contributed by atoms with van der Waals surface area (Å²) < 4.78 is 5.14. The van der Waals surface area contributed by atoms with Crippen molar-refractivity contribution in [3.8, 4) is 0 Å². The molecule has 0 aliphatic carbocycles. The number of ether oxygens (including phenoxy) is 1. The average Bonchev–Trinajstić information content (AvgIpc) is 2.47. The number of rotatable bonds is 14. The summed E-state index contributed by atoms with van der Waals surface area (Å²) in [6.07, 6.45) is 13.8. The molecule has 0 radical (unpaired) electrons. The van der Waals surface area contributed by atoms with Crippen LogP contribution in [0, 0.1) is 0 Å². The third-order valence-electron chi connectivity index (χ3n) is 3.61. The van der Waals surface area contributed by atoms with E-state index < -0.39 is 0 Å². The minimum absolute atomic E-state index is 0.0610. The molecular weight excluding hydrogens is 252 g/mol. The highest BCUT2D eigenvalue weighted by Crippen LogP contribution is 2.12. The van der Waals surface area contributed by atoms with Crippen molar-refractivity contribution in [2.45, 2.75) is 83.7 Å². The van der Waals surface area contributed by atoms with Gasteiger partial charge in [-0.1, -0.05) is 64.7 Å². The fourth-order valence-electron chi connectivity index (χ4n) is 2.32. The van der Waals surface area contributed by atoms with E-state index >= 15 is 0 Å². The van der Waals surface area contributed by atoms with Gasteiger partial charge in [0.25, 0.3) is 0 Å². The van der Waals surface area contributed by atoms with Gasteiger partial charge in [-0.05, 0) is 12.8 Å². The number of unbranched alkanes of at least 4 members (excludes halogenated alkanes) is 9. The molecule has 4 heteroatoms.